The summed E-state index contributed by atoms with van der Waals surface area (Å²) in [6.07, 6.45) is 1.82. The van der Waals surface area contributed by atoms with Crippen LogP contribution < -0.4 is 15.4 Å². The highest BCUT2D eigenvalue weighted by Crippen LogP contribution is 2.10. The van der Waals surface area contributed by atoms with Crippen molar-refractivity contribution in [1.29, 1.82) is 0 Å². The van der Waals surface area contributed by atoms with Gasteiger partial charge in [0, 0.05) is 19.5 Å². The van der Waals surface area contributed by atoms with Crippen LogP contribution in [0.5, 0.6) is 5.75 Å². The molecule has 116 valence electrons. The van der Waals surface area contributed by atoms with Crippen LogP contribution in [0.2, 0.25) is 0 Å². The average Bonchev–Trinajstić information content (AvgIpc) is 2.52. The van der Waals surface area contributed by atoms with Gasteiger partial charge in [0.05, 0.1) is 14.2 Å². The molecule has 0 atom stereocenters. The van der Waals surface area contributed by atoms with Gasteiger partial charge in [-0.15, -0.1) is 0 Å². The predicted octanol–water partition coefficient (Wildman–Crippen LogP) is 1.84. The fourth-order valence-electron chi connectivity index (χ4n) is 1.69. The van der Waals surface area contributed by atoms with Crippen LogP contribution in [0.25, 0.3) is 0 Å². The van der Waals surface area contributed by atoms with E-state index in [1.54, 1.807) is 7.11 Å². The van der Waals surface area contributed by atoms with Gasteiger partial charge < -0.3 is 20.1 Å². The topological polar surface area (TPSA) is 76.7 Å². The fourth-order valence-corrected chi connectivity index (χ4v) is 1.69. The Hall–Kier alpha value is -2.24. The average molecular weight is 294 g/mol. The van der Waals surface area contributed by atoms with E-state index in [4.69, 9.17) is 4.74 Å². The molecule has 0 spiro atoms. The van der Waals surface area contributed by atoms with E-state index in [9.17, 15) is 9.59 Å². The van der Waals surface area contributed by atoms with Gasteiger partial charge in [0.1, 0.15) is 5.75 Å². The number of unbranched alkanes of at least 4 members (excludes halogenated alkanes) is 1. The van der Waals surface area contributed by atoms with Crippen molar-refractivity contribution >= 4 is 12.0 Å². The summed E-state index contributed by atoms with van der Waals surface area (Å²) >= 11 is 0. The van der Waals surface area contributed by atoms with E-state index in [0.29, 0.717) is 25.9 Å². The van der Waals surface area contributed by atoms with Crippen LogP contribution >= 0.6 is 0 Å². The van der Waals surface area contributed by atoms with Crippen LogP contribution in [-0.2, 0) is 16.1 Å². The van der Waals surface area contributed by atoms with Crippen molar-refractivity contribution in [1.82, 2.24) is 10.6 Å². The van der Waals surface area contributed by atoms with Gasteiger partial charge in [-0.1, -0.05) is 12.1 Å². The number of carbonyl (C=O) groups is 2. The monoisotopic (exact) mass is 294 g/mol. The molecule has 0 saturated carbocycles. The maximum Gasteiger partial charge on any atom is 0.315 e. The first kappa shape index (κ1) is 16.8. The molecule has 0 unspecified atom stereocenters. The first-order valence-electron chi connectivity index (χ1n) is 6.87. The Morgan fingerprint density at radius 2 is 1.76 bits per heavy atom. The number of nitrogens with one attached hydrogen (secondary N) is 2. The van der Waals surface area contributed by atoms with E-state index in [1.807, 2.05) is 24.3 Å². The summed E-state index contributed by atoms with van der Waals surface area (Å²) in [5.74, 6) is 0.563. The Balaban J connectivity index is 2.11. The molecule has 6 heteroatoms. The lowest BCUT2D eigenvalue weighted by molar-refractivity contribution is -0.140. The quantitative estimate of drug-likeness (QED) is 0.566. The Morgan fingerprint density at radius 1 is 1.05 bits per heavy atom. The molecule has 0 aliphatic carbocycles. The molecule has 0 fully saturated rings. The van der Waals surface area contributed by atoms with Gasteiger partial charge >= 0.3 is 12.0 Å². The second-order valence-corrected chi connectivity index (χ2v) is 4.49. The molecular weight excluding hydrogens is 272 g/mol. The minimum atomic E-state index is -0.223. The van der Waals surface area contributed by atoms with Gasteiger partial charge in [0.25, 0.3) is 0 Å². The number of benzene rings is 1. The molecule has 0 bridgehead atoms. The van der Waals surface area contributed by atoms with Crippen LogP contribution in [0, 0.1) is 0 Å². The number of esters is 1. The molecule has 2 N–H and O–H groups in total. The van der Waals surface area contributed by atoms with E-state index < -0.39 is 0 Å². The number of urea groups is 1. The molecule has 1 aromatic carbocycles. The number of rotatable bonds is 8. The van der Waals surface area contributed by atoms with E-state index in [1.165, 1.54) is 7.11 Å². The van der Waals surface area contributed by atoms with E-state index in [-0.39, 0.29) is 12.0 Å². The van der Waals surface area contributed by atoms with E-state index in [0.717, 1.165) is 17.7 Å². The van der Waals surface area contributed by atoms with Crippen LogP contribution in [0.4, 0.5) is 4.79 Å². The zero-order valence-corrected chi connectivity index (χ0v) is 12.5. The Kier molecular flexibility index (Phi) is 7.71. The molecular formula is C15H22N2O4. The standard InChI is InChI=1S/C15H22N2O4/c1-20-13-8-6-12(7-9-13)11-17-15(19)16-10-4-3-5-14(18)21-2/h6-9H,3-5,10-11H2,1-2H3,(H2,16,17,19). The lowest BCUT2D eigenvalue weighted by Crippen LogP contribution is -2.35. The summed E-state index contributed by atoms with van der Waals surface area (Å²) < 4.78 is 9.60. The van der Waals surface area contributed by atoms with Gasteiger partial charge in [-0.2, -0.15) is 0 Å². The maximum atomic E-state index is 11.6. The lowest BCUT2D eigenvalue weighted by atomic mass is 10.2. The summed E-state index contributed by atoms with van der Waals surface area (Å²) in [6, 6.07) is 7.28. The van der Waals surface area contributed by atoms with Crippen molar-refractivity contribution < 1.29 is 19.1 Å². The van der Waals surface area contributed by atoms with Crippen molar-refractivity contribution in [3.8, 4) is 5.75 Å². The van der Waals surface area contributed by atoms with Crippen molar-refractivity contribution in [3.05, 3.63) is 29.8 Å². The molecule has 1 aromatic rings. The molecule has 1 rings (SSSR count). The van der Waals surface area contributed by atoms with Gasteiger partial charge in [0.2, 0.25) is 0 Å². The van der Waals surface area contributed by atoms with Gasteiger partial charge in [-0.25, -0.2) is 4.79 Å². The summed E-state index contributed by atoms with van der Waals surface area (Å²) in [7, 11) is 2.98. The first-order chi connectivity index (χ1) is 10.2. The molecule has 2 amide bonds. The summed E-state index contributed by atoms with van der Waals surface area (Å²) in [5.41, 5.74) is 0.997. The number of carbonyl (C=O) groups excluding carboxylic acids is 2. The van der Waals surface area contributed by atoms with Gasteiger partial charge in [0.15, 0.2) is 0 Å². The van der Waals surface area contributed by atoms with Gasteiger partial charge in [-0.3, -0.25) is 4.79 Å². The summed E-state index contributed by atoms with van der Waals surface area (Å²) in [5, 5.41) is 5.51. The lowest BCUT2D eigenvalue weighted by Gasteiger charge is -2.08. The number of hydrogen-bond acceptors (Lipinski definition) is 4. The second kappa shape index (κ2) is 9.63. The second-order valence-electron chi connectivity index (χ2n) is 4.49. The molecule has 21 heavy (non-hydrogen) atoms. The minimum Gasteiger partial charge on any atom is -0.497 e. The zero-order chi connectivity index (χ0) is 15.5. The highest BCUT2D eigenvalue weighted by atomic mass is 16.5. The highest BCUT2D eigenvalue weighted by Gasteiger charge is 2.02. The number of amides is 2. The predicted molar refractivity (Wildman–Crippen MR) is 79.1 cm³/mol. The first-order valence-corrected chi connectivity index (χ1v) is 6.87. The van der Waals surface area contributed by atoms with Crippen molar-refractivity contribution in [2.45, 2.75) is 25.8 Å². The van der Waals surface area contributed by atoms with Crippen LogP contribution in [0.15, 0.2) is 24.3 Å². The molecule has 0 aliphatic rings. The third-order valence-electron chi connectivity index (χ3n) is 2.93. The zero-order valence-electron chi connectivity index (χ0n) is 12.5. The molecule has 0 radical (unpaired) electrons. The van der Waals surface area contributed by atoms with Crippen molar-refractivity contribution in [2.24, 2.45) is 0 Å². The number of ether oxygens (including phenoxy) is 2. The minimum absolute atomic E-state index is 0.219. The number of hydrogen-bond donors (Lipinski definition) is 2. The molecule has 0 heterocycles. The van der Waals surface area contributed by atoms with E-state index in [2.05, 4.69) is 15.4 Å². The highest BCUT2D eigenvalue weighted by molar-refractivity contribution is 5.73. The molecule has 0 aromatic heterocycles. The Morgan fingerprint density at radius 3 is 2.38 bits per heavy atom. The Bertz CT molecular complexity index is 445. The molecule has 6 nitrogen and oxygen atoms in total. The summed E-state index contributed by atoms with van der Waals surface area (Å²) in [4.78, 5) is 22.4. The molecule has 0 aliphatic heterocycles. The fraction of sp³-hybridized carbons (Fsp3) is 0.467. The maximum absolute atomic E-state index is 11.6. The van der Waals surface area contributed by atoms with E-state index >= 15 is 0 Å². The summed E-state index contributed by atoms with van der Waals surface area (Å²) in [6.45, 7) is 0.990. The third kappa shape index (κ3) is 7.20. The molecule has 0 saturated heterocycles. The van der Waals surface area contributed by atoms with Crippen LogP contribution in [0.3, 0.4) is 0 Å². The normalized spacial score (nSPS) is 9.81. The number of methoxy groups -OCH3 is 2. The largest absolute Gasteiger partial charge is 0.497 e. The smallest absolute Gasteiger partial charge is 0.315 e. The van der Waals surface area contributed by atoms with Crippen molar-refractivity contribution in [2.75, 3.05) is 20.8 Å². The SMILES string of the molecule is COC(=O)CCCCNC(=O)NCc1ccc(OC)cc1. The van der Waals surface area contributed by atoms with Gasteiger partial charge in [-0.05, 0) is 30.5 Å². The van der Waals surface area contributed by atoms with Crippen molar-refractivity contribution in [3.63, 3.8) is 0 Å². The third-order valence-corrected chi connectivity index (χ3v) is 2.93. The van der Waals surface area contributed by atoms with Crippen LogP contribution in [-0.4, -0.2) is 32.8 Å². The van der Waals surface area contributed by atoms with Crippen LogP contribution in [0.1, 0.15) is 24.8 Å². The Labute approximate surface area is 124 Å².